The highest BCUT2D eigenvalue weighted by Crippen LogP contribution is 2.42. The van der Waals surface area contributed by atoms with Gasteiger partial charge in [-0.1, -0.05) is 13.0 Å². The maximum absolute atomic E-state index is 13.2. The fourth-order valence-corrected chi connectivity index (χ4v) is 4.23. The van der Waals surface area contributed by atoms with Crippen molar-refractivity contribution in [3.63, 3.8) is 0 Å². The number of benzene rings is 2. The lowest BCUT2D eigenvalue weighted by molar-refractivity contribution is -0.139. The second-order valence-electron chi connectivity index (χ2n) is 8.87. The van der Waals surface area contributed by atoms with Crippen molar-refractivity contribution < 1.29 is 28.9 Å². The Morgan fingerprint density at radius 1 is 1.03 bits per heavy atom. The van der Waals surface area contributed by atoms with Crippen molar-refractivity contribution in [3.8, 4) is 17.2 Å². The normalized spacial score (nSPS) is 17.1. The van der Waals surface area contributed by atoms with E-state index in [9.17, 15) is 14.7 Å². The van der Waals surface area contributed by atoms with Crippen molar-refractivity contribution in [2.45, 2.75) is 32.7 Å². The van der Waals surface area contributed by atoms with Crippen molar-refractivity contribution in [2.24, 2.45) is 0 Å². The first-order valence-electron chi connectivity index (χ1n) is 12.3. The monoisotopic (exact) mass is 496 g/mol. The topological polar surface area (TPSA) is 88.5 Å². The van der Waals surface area contributed by atoms with E-state index in [4.69, 9.17) is 14.2 Å². The van der Waals surface area contributed by atoms with Gasteiger partial charge < -0.3 is 29.1 Å². The van der Waals surface area contributed by atoms with E-state index in [1.807, 2.05) is 38.9 Å². The molecule has 0 aliphatic carbocycles. The van der Waals surface area contributed by atoms with Gasteiger partial charge in [0, 0.05) is 12.1 Å². The summed E-state index contributed by atoms with van der Waals surface area (Å²) in [4.78, 5) is 30.0. The van der Waals surface area contributed by atoms with Crippen LogP contribution in [0.4, 0.5) is 0 Å². The van der Waals surface area contributed by atoms with Crippen molar-refractivity contribution in [3.05, 3.63) is 59.2 Å². The van der Waals surface area contributed by atoms with E-state index in [0.29, 0.717) is 54.6 Å². The number of carbonyl (C=O) groups excluding carboxylic acids is 2. The van der Waals surface area contributed by atoms with Gasteiger partial charge in [-0.2, -0.15) is 0 Å². The first-order valence-corrected chi connectivity index (χ1v) is 12.3. The molecule has 0 radical (unpaired) electrons. The maximum atomic E-state index is 13.2. The number of aliphatic hydroxyl groups is 1. The van der Waals surface area contributed by atoms with Crippen molar-refractivity contribution in [1.29, 1.82) is 0 Å². The van der Waals surface area contributed by atoms with Crippen LogP contribution in [-0.4, -0.2) is 74.1 Å². The van der Waals surface area contributed by atoms with Gasteiger partial charge in [0.05, 0.1) is 31.9 Å². The standard InChI is InChI=1S/C28H36N2O6/c1-6-17-36-22-14-11-20(18-23(22)34-5)25-24(26(31)19-9-12-21(13-10-19)35-7-2)27(32)28(33)30(25)16-8-15-29(3)4/h9-14,18,25,31H,6-8,15-17H2,1-5H3/b26-24+/t25-/m1/s1. The highest BCUT2D eigenvalue weighted by molar-refractivity contribution is 6.46. The molecule has 36 heavy (non-hydrogen) atoms. The number of ketones is 1. The number of amides is 1. The summed E-state index contributed by atoms with van der Waals surface area (Å²) in [6.07, 6.45) is 1.52. The molecule has 2 aromatic carbocycles. The average Bonchev–Trinajstić information content (AvgIpc) is 3.12. The number of likely N-dealkylation sites (tertiary alicyclic amines) is 1. The maximum Gasteiger partial charge on any atom is 0.295 e. The Labute approximate surface area is 213 Å². The van der Waals surface area contributed by atoms with Crippen molar-refractivity contribution in [2.75, 3.05) is 47.5 Å². The molecule has 0 saturated carbocycles. The minimum absolute atomic E-state index is 0.0540. The summed E-state index contributed by atoms with van der Waals surface area (Å²) in [5, 5.41) is 11.3. The van der Waals surface area contributed by atoms with Crippen LogP contribution in [0.5, 0.6) is 17.2 Å². The molecule has 1 N–H and O–H groups in total. The first-order chi connectivity index (χ1) is 17.3. The number of hydrogen-bond acceptors (Lipinski definition) is 7. The summed E-state index contributed by atoms with van der Waals surface area (Å²) in [6, 6.07) is 11.4. The van der Waals surface area contributed by atoms with Gasteiger partial charge in [0.15, 0.2) is 11.5 Å². The summed E-state index contributed by atoms with van der Waals surface area (Å²) >= 11 is 0. The lowest BCUT2D eigenvalue weighted by Crippen LogP contribution is -2.32. The SMILES string of the molecule is CCCOc1ccc([C@@H]2/C(=C(\O)c3ccc(OCC)cc3)C(=O)C(=O)N2CCCN(C)C)cc1OC. The van der Waals surface area contributed by atoms with Crippen LogP contribution in [0.25, 0.3) is 5.76 Å². The third-order valence-corrected chi connectivity index (χ3v) is 5.95. The van der Waals surface area contributed by atoms with Gasteiger partial charge >= 0.3 is 0 Å². The molecule has 1 heterocycles. The zero-order chi connectivity index (χ0) is 26.2. The van der Waals surface area contributed by atoms with Crippen molar-refractivity contribution >= 4 is 17.4 Å². The quantitative estimate of drug-likeness (QED) is 0.267. The van der Waals surface area contributed by atoms with Gasteiger partial charge in [-0.05, 0) is 82.4 Å². The van der Waals surface area contributed by atoms with Crippen LogP contribution in [0, 0.1) is 0 Å². The molecule has 8 heteroatoms. The van der Waals surface area contributed by atoms with E-state index in [1.54, 1.807) is 43.5 Å². The molecule has 1 aliphatic heterocycles. The van der Waals surface area contributed by atoms with Gasteiger partial charge in [0.1, 0.15) is 11.5 Å². The van der Waals surface area contributed by atoms with Crippen LogP contribution in [0.2, 0.25) is 0 Å². The van der Waals surface area contributed by atoms with E-state index >= 15 is 0 Å². The molecule has 8 nitrogen and oxygen atoms in total. The molecule has 1 aliphatic rings. The fraction of sp³-hybridized carbons (Fsp3) is 0.429. The number of hydrogen-bond donors (Lipinski definition) is 1. The third kappa shape index (κ3) is 5.99. The minimum atomic E-state index is -0.757. The summed E-state index contributed by atoms with van der Waals surface area (Å²) in [6.45, 7) is 6.08. The molecule has 194 valence electrons. The van der Waals surface area contributed by atoms with Crippen LogP contribution in [0.1, 0.15) is 43.9 Å². The van der Waals surface area contributed by atoms with Gasteiger partial charge in [-0.25, -0.2) is 0 Å². The van der Waals surface area contributed by atoms with E-state index in [-0.39, 0.29) is 11.3 Å². The number of aliphatic hydroxyl groups excluding tert-OH is 1. The highest BCUT2D eigenvalue weighted by Gasteiger charge is 2.46. The molecule has 0 spiro atoms. The smallest absolute Gasteiger partial charge is 0.295 e. The zero-order valence-electron chi connectivity index (χ0n) is 21.7. The summed E-state index contributed by atoms with van der Waals surface area (Å²) in [7, 11) is 5.46. The molecule has 0 bridgehead atoms. The largest absolute Gasteiger partial charge is 0.507 e. The number of nitrogens with zero attached hydrogens (tertiary/aromatic N) is 2. The number of ether oxygens (including phenoxy) is 3. The third-order valence-electron chi connectivity index (χ3n) is 5.95. The van der Waals surface area contributed by atoms with Crippen LogP contribution in [0.15, 0.2) is 48.0 Å². The molecule has 1 amide bonds. The van der Waals surface area contributed by atoms with Crippen LogP contribution in [-0.2, 0) is 9.59 Å². The van der Waals surface area contributed by atoms with E-state index in [2.05, 4.69) is 0 Å². The van der Waals surface area contributed by atoms with Crippen molar-refractivity contribution in [1.82, 2.24) is 9.80 Å². The van der Waals surface area contributed by atoms with E-state index in [0.717, 1.165) is 13.0 Å². The predicted molar refractivity (Wildman–Crippen MR) is 139 cm³/mol. The molecule has 1 fully saturated rings. The summed E-state index contributed by atoms with van der Waals surface area (Å²) < 4.78 is 16.8. The van der Waals surface area contributed by atoms with Gasteiger partial charge in [-0.3, -0.25) is 9.59 Å². The zero-order valence-corrected chi connectivity index (χ0v) is 21.7. The molecule has 0 unspecified atom stereocenters. The Morgan fingerprint density at radius 2 is 1.75 bits per heavy atom. The molecule has 0 aromatic heterocycles. The Morgan fingerprint density at radius 3 is 2.36 bits per heavy atom. The average molecular weight is 497 g/mol. The second-order valence-corrected chi connectivity index (χ2v) is 8.87. The van der Waals surface area contributed by atoms with Gasteiger partial charge in [-0.15, -0.1) is 0 Å². The van der Waals surface area contributed by atoms with Crippen LogP contribution in [0.3, 0.4) is 0 Å². The Balaban J connectivity index is 2.09. The minimum Gasteiger partial charge on any atom is -0.507 e. The number of Topliss-reactive ketones (excluding diaryl/α,β-unsaturated/α-hetero) is 1. The summed E-state index contributed by atoms with van der Waals surface area (Å²) in [5.41, 5.74) is 1.15. The Hall–Kier alpha value is -3.52. The lowest BCUT2D eigenvalue weighted by atomic mass is 9.95. The molecular formula is C28H36N2O6. The molecule has 1 atom stereocenters. The van der Waals surface area contributed by atoms with E-state index in [1.165, 1.54) is 4.90 Å². The summed E-state index contributed by atoms with van der Waals surface area (Å²) in [5.74, 6) is 0.182. The first kappa shape index (κ1) is 27.1. The number of rotatable bonds is 12. The number of methoxy groups -OCH3 is 1. The van der Waals surface area contributed by atoms with Gasteiger partial charge in [0.2, 0.25) is 0 Å². The van der Waals surface area contributed by atoms with Gasteiger partial charge in [0.25, 0.3) is 11.7 Å². The predicted octanol–water partition coefficient (Wildman–Crippen LogP) is 4.26. The highest BCUT2D eigenvalue weighted by atomic mass is 16.5. The lowest BCUT2D eigenvalue weighted by Gasteiger charge is -2.26. The molecule has 2 aromatic rings. The molecule has 1 saturated heterocycles. The second kappa shape index (κ2) is 12.4. The number of carbonyl (C=O) groups is 2. The van der Waals surface area contributed by atoms with Crippen LogP contribution >= 0.6 is 0 Å². The molecule has 3 rings (SSSR count). The fourth-order valence-electron chi connectivity index (χ4n) is 4.23. The van der Waals surface area contributed by atoms with E-state index < -0.39 is 17.7 Å². The Kier molecular flexibility index (Phi) is 9.36. The Bertz CT molecular complexity index is 1090. The van der Waals surface area contributed by atoms with Crippen LogP contribution < -0.4 is 14.2 Å². The molecular weight excluding hydrogens is 460 g/mol.